The smallest absolute Gasteiger partial charge is 0.341 e. The SMILES string of the molecule is CN=C(NCc1ccc(C(=O)OC)c(OC)c1)NC1CCN(c2ncccc2Cl)C1. The lowest BCUT2D eigenvalue weighted by atomic mass is 10.1. The van der Waals surface area contributed by atoms with Gasteiger partial charge in [-0.15, -0.1) is 0 Å². The number of halogens is 1. The summed E-state index contributed by atoms with van der Waals surface area (Å²) in [6.45, 7) is 2.19. The molecule has 1 unspecified atom stereocenters. The molecule has 0 amide bonds. The molecule has 2 aromatic rings. The van der Waals surface area contributed by atoms with Crippen molar-refractivity contribution in [2.75, 3.05) is 39.3 Å². The van der Waals surface area contributed by atoms with E-state index < -0.39 is 5.97 Å². The van der Waals surface area contributed by atoms with Crippen molar-refractivity contribution in [2.45, 2.75) is 19.0 Å². The van der Waals surface area contributed by atoms with Crippen molar-refractivity contribution in [3.05, 3.63) is 52.7 Å². The molecule has 8 nitrogen and oxygen atoms in total. The number of pyridine rings is 1. The lowest BCUT2D eigenvalue weighted by Gasteiger charge is -2.20. The monoisotopic (exact) mass is 431 g/mol. The first-order valence-electron chi connectivity index (χ1n) is 9.63. The minimum absolute atomic E-state index is 0.227. The molecule has 1 aromatic carbocycles. The summed E-state index contributed by atoms with van der Waals surface area (Å²) < 4.78 is 10.1. The third-order valence-corrected chi connectivity index (χ3v) is 5.22. The van der Waals surface area contributed by atoms with Gasteiger partial charge >= 0.3 is 5.97 Å². The Morgan fingerprint density at radius 2 is 2.20 bits per heavy atom. The molecule has 0 spiro atoms. The van der Waals surface area contributed by atoms with Gasteiger partial charge in [0.15, 0.2) is 5.96 Å². The highest BCUT2D eigenvalue weighted by Crippen LogP contribution is 2.26. The molecule has 2 heterocycles. The second-order valence-electron chi connectivity index (χ2n) is 6.84. The number of hydrogen-bond acceptors (Lipinski definition) is 6. The van der Waals surface area contributed by atoms with Crippen LogP contribution < -0.4 is 20.3 Å². The van der Waals surface area contributed by atoms with E-state index in [0.717, 1.165) is 30.9 Å². The minimum Gasteiger partial charge on any atom is -0.496 e. The van der Waals surface area contributed by atoms with E-state index in [2.05, 4.69) is 25.5 Å². The van der Waals surface area contributed by atoms with Crippen molar-refractivity contribution < 1.29 is 14.3 Å². The first-order valence-corrected chi connectivity index (χ1v) is 10.0. The summed E-state index contributed by atoms with van der Waals surface area (Å²) in [5.74, 6) is 1.56. The molecule has 0 aliphatic carbocycles. The number of aliphatic imine (C=N–C) groups is 1. The summed E-state index contributed by atoms with van der Waals surface area (Å²) in [5.41, 5.74) is 1.35. The van der Waals surface area contributed by atoms with E-state index in [-0.39, 0.29) is 6.04 Å². The maximum absolute atomic E-state index is 11.8. The van der Waals surface area contributed by atoms with E-state index in [4.69, 9.17) is 21.1 Å². The van der Waals surface area contributed by atoms with Gasteiger partial charge in [-0.1, -0.05) is 17.7 Å². The Kier molecular flexibility index (Phi) is 7.35. The maximum Gasteiger partial charge on any atom is 0.341 e. The van der Waals surface area contributed by atoms with Gasteiger partial charge in [0, 0.05) is 38.9 Å². The van der Waals surface area contributed by atoms with Crippen LogP contribution in [0.4, 0.5) is 5.82 Å². The second-order valence-corrected chi connectivity index (χ2v) is 7.24. The van der Waals surface area contributed by atoms with E-state index in [0.29, 0.717) is 28.8 Å². The number of nitrogens with one attached hydrogen (secondary N) is 2. The first-order chi connectivity index (χ1) is 14.5. The highest BCUT2D eigenvalue weighted by atomic mass is 35.5. The standard InChI is InChI=1S/C21H26ClN5O3/c1-23-21(25-12-14-6-7-16(20(28)30-3)18(11-14)29-2)26-15-8-10-27(13-15)19-17(22)5-4-9-24-19/h4-7,9,11,15H,8,10,12-13H2,1-3H3,(H2,23,25,26). The van der Waals surface area contributed by atoms with E-state index in [9.17, 15) is 4.79 Å². The molecule has 0 radical (unpaired) electrons. The van der Waals surface area contributed by atoms with Gasteiger partial charge in [-0.2, -0.15) is 0 Å². The largest absolute Gasteiger partial charge is 0.496 e. The number of carbonyl (C=O) groups is 1. The molecule has 9 heteroatoms. The van der Waals surface area contributed by atoms with Crippen molar-refractivity contribution >= 4 is 29.3 Å². The summed E-state index contributed by atoms with van der Waals surface area (Å²) >= 11 is 6.27. The topological polar surface area (TPSA) is 88.1 Å². The molecular formula is C21H26ClN5O3. The van der Waals surface area contributed by atoms with Gasteiger partial charge < -0.3 is 25.0 Å². The molecule has 160 valence electrons. The normalized spacial score (nSPS) is 16.3. The van der Waals surface area contributed by atoms with Crippen LogP contribution in [0.3, 0.4) is 0 Å². The number of anilines is 1. The number of benzene rings is 1. The Balaban J connectivity index is 1.57. The summed E-state index contributed by atoms with van der Waals surface area (Å²) in [7, 11) is 4.61. The van der Waals surface area contributed by atoms with Crippen LogP contribution in [0.25, 0.3) is 0 Å². The maximum atomic E-state index is 11.8. The molecule has 0 saturated carbocycles. The summed E-state index contributed by atoms with van der Waals surface area (Å²) in [5, 5.41) is 7.40. The number of methoxy groups -OCH3 is 2. The molecular weight excluding hydrogens is 406 g/mol. The number of rotatable bonds is 6. The van der Waals surface area contributed by atoms with Gasteiger partial charge in [0.25, 0.3) is 0 Å². The van der Waals surface area contributed by atoms with Gasteiger partial charge in [0.2, 0.25) is 0 Å². The average molecular weight is 432 g/mol. The Hall–Kier alpha value is -3.00. The molecule has 1 atom stereocenters. The van der Waals surface area contributed by atoms with Gasteiger partial charge in [-0.05, 0) is 36.2 Å². The molecule has 30 heavy (non-hydrogen) atoms. The first kappa shape index (κ1) is 21.7. The van der Waals surface area contributed by atoms with E-state index >= 15 is 0 Å². The average Bonchev–Trinajstić information content (AvgIpc) is 3.24. The van der Waals surface area contributed by atoms with Crippen LogP contribution in [0.5, 0.6) is 5.75 Å². The summed E-state index contributed by atoms with van der Waals surface area (Å²) in [4.78, 5) is 22.7. The van der Waals surface area contributed by atoms with Crippen LogP contribution in [0, 0.1) is 0 Å². The van der Waals surface area contributed by atoms with Crippen LogP contribution >= 0.6 is 11.6 Å². The third kappa shape index (κ3) is 5.13. The molecule has 1 saturated heterocycles. The second kappa shape index (κ2) is 10.2. The highest BCUT2D eigenvalue weighted by Gasteiger charge is 2.25. The molecule has 1 aromatic heterocycles. The fourth-order valence-corrected chi connectivity index (χ4v) is 3.62. The van der Waals surface area contributed by atoms with Crippen molar-refractivity contribution in [2.24, 2.45) is 4.99 Å². The number of carbonyl (C=O) groups excluding carboxylic acids is 1. The number of nitrogens with zero attached hydrogens (tertiary/aromatic N) is 3. The number of aromatic nitrogens is 1. The highest BCUT2D eigenvalue weighted by molar-refractivity contribution is 6.32. The summed E-state index contributed by atoms with van der Waals surface area (Å²) in [6, 6.07) is 9.28. The zero-order valence-corrected chi connectivity index (χ0v) is 18.1. The zero-order chi connectivity index (χ0) is 21.5. The van der Waals surface area contributed by atoms with Crippen LogP contribution in [0.2, 0.25) is 5.02 Å². The Bertz CT molecular complexity index is 921. The number of guanidine groups is 1. The van der Waals surface area contributed by atoms with Crippen molar-refractivity contribution in [3.63, 3.8) is 0 Å². The Morgan fingerprint density at radius 3 is 2.90 bits per heavy atom. The molecule has 1 aliphatic heterocycles. The Morgan fingerprint density at radius 1 is 1.37 bits per heavy atom. The van der Waals surface area contributed by atoms with E-state index in [1.165, 1.54) is 14.2 Å². The van der Waals surface area contributed by atoms with E-state index in [1.54, 1.807) is 19.3 Å². The van der Waals surface area contributed by atoms with E-state index in [1.807, 2.05) is 24.3 Å². The van der Waals surface area contributed by atoms with Crippen LogP contribution in [-0.2, 0) is 11.3 Å². The molecule has 0 bridgehead atoms. The number of hydrogen-bond donors (Lipinski definition) is 2. The number of esters is 1. The molecule has 3 rings (SSSR count). The van der Waals surface area contributed by atoms with Gasteiger partial charge in [-0.25, -0.2) is 9.78 Å². The lowest BCUT2D eigenvalue weighted by Crippen LogP contribution is -2.44. The Labute approximate surface area is 181 Å². The fourth-order valence-electron chi connectivity index (χ4n) is 3.38. The minimum atomic E-state index is -0.428. The zero-order valence-electron chi connectivity index (χ0n) is 17.3. The predicted octanol–water partition coefficient (Wildman–Crippen LogP) is 2.47. The van der Waals surface area contributed by atoms with Crippen molar-refractivity contribution in [1.29, 1.82) is 0 Å². The number of ether oxygens (including phenoxy) is 2. The van der Waals surface area contributed by atoms with Gasteiger partial charge in [-0.3, -0.25) is 4.99 Å². The van der Waals surface area contributed by atoms with Crippen LogP contribution in [0.15, 0.2) is 41.5 Å². The van der Waals surface area contributed by atoms with Crippen LogP contribution in [0.1, 0.15) is 22.3 Å². The molecule has 1 aliphatic rings. The predicted molar refractivity (Wildman–Crippen MR) is 118 cm³/mol. The quantitative estimate of drug-likeness (QED) is 0.412. The third-order valence-electron chi connectivity index (χ3n) is 4.92. The molecule has 1 fully saturated rings. The van der Waals surface area contributed by atoms with Gasteiger partial charge in [0.05, 0.1) is 19.2 Å². The van der Waals surface area contributed by atoms with Gasteiger partial charge in [0.1, 0.15) is 17.1 Å². The van der Waals surface area contributed by atoms with Crippen molar-refractivity contribution in [3.8, 4) is 5.75 Å². The lowest BCUT2D eigenvalue weighted by molar-refractivity contribution is 0.0597. The molecule has 2 N–H and O–H groups in total. The summed E-state index contributed by atoms with van der Waals surface area (Å²) in [6.07, 6.45) is 2.71. The van der Waals surface area contributed by atoms with Crippen molar-refractivity contribution in [1.82, 2.24) is 15.6 Å². The van der Waals surface area contributed by atoms with Crippen LogP contribution in [-0.4, -0.2) is 57.3 Å². The fraction of sp³-hybridized carbons (Fsp3) is 0.381.